The predicted molar refractivity (Wildman–Crippen MR) is 289 cm³/mol. The van der Waals surface area contributed by atoms with Gasteiger partial charge in [-0.3, -0.25) is 23.4 Å². The number of hydrogen-bond acceptors (Lipinski definition) is 16. The SMILES string of the molecule is CN=C[C@@]1(c2ccc(Cl)cc2F)C(c2cccc(Cl)c2F)[C@H](C(=O)Nc2ccc(C(=O)OCOC(=O)OCCOCCOCCOCCOP(=O)(OCc3ccccc3)OCc3ccccc3)cc2OC)N[C@H]1CC(C)(C)C. The van der Waals surface area contributed by atoms with E-state index in [9.17, 15) is 18.9 Å². The summed E-state index contributed by atoms with van der Waals surface area (Å²) >= 11 is 12.6. The van der Waals surface area contributed by atoms with Gasteiger partial charge in [0.15, 0.2) is 0 Å². The molecule has 1 saturated heterocycles. The normalized spacial score (nSPS) is 17.5. The van der Waals surface area contributed by atoms with E-state index in [1.807, 2.05) is 81.4 Å². The number of carbonyl (C=O) groups excluding carboxylic acids is 3. The lowest BCUT2D eigenvalue weighted by atomic mass is 9.62. The zero-order chi connectivity index (χ0) is 56.1. The third-order valence-corrected chi connectivity index (χ3v) is 14.1. The summed E-state index contributed by atoms with van der Waals surface area (Å²) in [5.41, 5.74) is 0.111. The molecule has 17 nitrogen and oxygen atoms in total. The Bertz CT molecular complexity index is 2790. The van der Waals surface area contributed by atoms with Gasteiger partial charge in [0.25, 0.3) is 0 Å². The van der Waals surface area contributed by atoms with Crippen LogP contribution in [0.25, 0.3) is 0 Å². The van der Waals surface area contributed by atoms with Crippen LogP contribution < -0.4 is 15.4 Å². The fraction of sp³-hybridized carbons (Fsp3) is 0.393. The summed E-state index contributed by atoms with van der Waals surface area (Å²) in [6.07, 6.45) is 0.830. The average molecular weight is 1140 g/mol. The third kappa shape index (κ3) is 17.6. The van der Waals surface area contributed by atoms with Gasteiger partial charge in [-0.25, -0.2) is 22.9 Å². The summed E-state index contributed by atoms with van der Waals surface area (Å²) in [4.78, 5) is 44.2. The van der Waals surface area contributed by atoms with Crippen LogP contribution in [0.15, 0.2) is 120 Å². The molecule has 5 aromatic rings. The van der Waals surface area contributed by atoms with Gasteiger partial charge in [0.05, 0.1) is 94.3 Å². The first-order chi connectivity index (χ1) is 37.5. The van der Waals surface area contributed by atoms with Crippen LogP contribution in [0, 0.1) is 17.0 Å². The number of anilines is 1. The fourth-order valence-electron chi connectivity index (χ4n) is 8.75. The lowest BCUT2D eigenvalue weighted by Crippen LogP contribution is -2.47. The van der Waals surface area contributed by atoms with Crippen molar-refractivity contribution in [1.82, 2.24) is 5.32 Å². The molecule has 0 bridgehead atoms. The molecule has 78 heavy (non-hydrogen) atoms. The number of hydrogen-bond donors (Lipinski definition) is 2. The molecular weight excluding hydrogens is 1080 g/mol. The number of nitrogens with one attached hydrogen (secondary N) is 2. The number of phosphoric acid groups is 1. The Morgan fingerprint density at radius 2 is 1.36 bits per heavy atom. The number of ether oxygens (including phenoxy) is 7. The van der Waals surface area contributed by atoms with E-state index in [-0.39, 0.29) is 110 Å². The second-order valence-electron chi connectivity index (χ2n) is 18.9. The molecule has 420 valence electrons. The lowest BCUT2D eigenvalue weighted by Gasteiger charge is -2.40. The molecule has 4 atom stereocenters. The molecule has 0 saturated carbocycles. The Labute approximate surface area is 462 Å². The Morgan fingerprint density at radius 3 is 1.95 bits per heavy atom. The number of methoxy groups -OCH3 is 1. The summed E-state index contributed by atoms with van der Waals surface area (Å²) in [6, 6.07) is 29.3. The molecule has 2 N–H and O–H groups in total. The molecular formula is C56H64Cl2F2N3O14P. The van der Waals surface area contributed by atoms with Gasteiger partial charge in [-0.1, -0.05) is 123 Å². The van der Waals surface area contributed by atoms with Crippen LogP contribution >= 0.6 is 31.0 Å². The second-order valence-corrected chi connectivity index (χ2v) is 21.4. The highest BCUT2D eigenvalue weighted by atomic mass is 35.5. The summed E-state index contributed by atoms with van der Waals surface area (Å²) in [7, 11) is -1.07. The Morgan fingerprint density at radius 1 is 0.744 bits per heavy atom. The van der Waals surface area contributed by atoms with E-state index >= 15 is 8.78 Å². The van der Waals surface area contributed by atoms with Gasteiger partial charge in [-0.2, -0.15) is 0 Å². The van der Waals surface area contributed by atoms with Crippen LogP contribution in [-0.4, -0.2) is 110 Å². The smallest absolute Gasteiger partial charge is 0.495 e. The van der Waals surface area contributed by atoms with E-state index < -0.39 is 67.7 Å². The molecule has 22 heteroatoms. The molecule has 1 aliphatic heterocycles. The van der Waals surface area contributed by atoms with E-state index in [0.717, 1.165) is 11.1 Å². The standard InChI is InChI=1S/C56H64Cl2F2N3O14P/c1-55(2,3)33-48-56(36-61-4,43-21-20-41(57)32-45(43)59)49(42-17-12-18-44(58)50(42)60)51(63-48)52(64)62-46-22-19-40(31-47(46)68-5)53(65)73-37-74-54(66)72-29-27-70-25-23-69-24-26-71-28-30-75-78(67,76-34-38-13-8-6-9-14-38)77-35-39-15-10-7-11-16-39/h6-22,31-32,36,48-49,51,63H,23-30,33-35,37H2,1-5H3,(H,62,64)/t48-,49?,51+,56-/m0/s1. The van der Waals surface area contributed by atoms with Gasteiger partial charge in [0.2, 0.25) is 12.7 Å². The maximum absolute atomic E-state index is 16.3. The zero-order valence-electron chi connectivity index (χ0n) is 43.9. The number of halogens is 4. The summed E-state index contributed by atoms with van der Waals surface area (Å²) < 4.78 is 99.6. The van der Waals surface area contributed by atoms with Crippen LogP contribution in [0.2, 0.25) is 10.0 Å². The highest BCUT2D eigenvalue weighted by molar-refractivity contribution is 7.48. The minimum absolute atomic E-state index is 0.0190. The maximum atomic E-state index is 16.3. The van der Waals surface area contributed by atoms with Crippen LogP contribution in [-0.2, 0) is 70.0 Å². The molecule has 0 spiro atoms. The minimum atomic E-state index is -3.91. The molecule has 0 aromatic heterocycles. The van der Waals surface area contributed by atoms with Crippen molar-refractivity contribution >= 4 is 61.0 Å². The van der Waals surface area contributed by atoms with Crippen molar-refractivity contribution < 1.29 is 74.5 Å². The highest BCUT2D eigenvalue weighted by Crippen LogP contribution is 2.53. The van der Waals surface area contributed by atoms with Crippen molar-refractivity contribution in [2.45, 2.75) is 63.8 Å². The third-order valence-electron chi connectivity index (χ3n) is 12.2. The van der Waals surface area contributed by atoms with Crippen molar-refractivity contribution in [3.63, 3.8) is 0 Å². The quantitative estimate of drug-likeness (QED) is 0.0151. The van der Waals surface area contributed by atoms with Gasteiger partial charge in [-0.15, -0.1) is 0 Å². The van der Waals surface area contributed by atoms with Gasteiger partial charge < -0.3 is 43.8 Å². The Kier molecular flexibility index (Phi) is 23.6. The maximum Gasteiger partial charge on any atom is 0.511 e. The van der Waals surface area contributed by atoms with Crippen molar-refractivity contribution in [2.24, 2.45) is 10.4 Å². The van der Waals surface area contributed by atoms with Crippen LogP contribution in [0.3, 0.4) is 0 Å². The molecule has 1 fully saturated rings. The highest BCUT2D eigenvalue weighted by Gasteiger charge is 2.60. The summed E-state index contributed by atoms with van der Waals surface area (Å²) in [5, 5.41) is 6.22. The molecule has 6 rings (SSSR count). The van der Waals surface area contributed by atoms with E-state index in [1.54, 1.807) is 12.3 Å². The van der Waals surface area contributed by atoms with E-state index in [4.69, 9.17) is 69.9 Å². The van der Waals surface area contributed by atoms with E-state index in [0.29, 0.717) is 6.42 Å². The van der Waals surface area contributed by atoms with Crippen LogP contribution in [0.5, 0.6) is 5.75 Å². The molecule has 1 amide bonds. The minimum Gasteiger partial charge on any atom is -0.495 e. The number of phosphoric ester groups is 1. The molecule has 1 aliphatic rings. The van der Waals surface area contributed by atoms with Crippen LogP contribution in [0.4, 0.5) is 19.3 Å². The number of benzene rings is 5. The molecule has 5 aromatic carbocycles. The molecule has 0 radical (unpaired) electrons. The summed E-state index contributed by atoms with van der Waals surface area (Å²) in [6.45, 7) is 6.07. The van der Waals surface area contributed by atoms with Crippen molar-refractivity contribution in [1.29, 1.82) is 0 Å². The van der Waals surface area contributed by atoms with E-state index in [2.05, 4.69) is 15.6 Å². The fourth-order valence-corrected chi connectivity index (χ4v) is 10.2. The number of carbonyl (C=O) groups is 3. The van der Waals surface area contributed by atoms with Crippen molar-refractivity contribution in [3.05, 3.63) is 165 Å². The predicted octanol–water partition coefficient (Wildman–Crippen LogP) is 11.3. The first-order valence-corrected chi connectivity index (χ1v) is 27.1. The van der Waals surface area contributed by atoms with Crippen molar-refractivity contribution in [2.75, 3.05) is 79.1 Å². The molecule has 0 aliphatic carbocycles. The summed E-state index contributed by atoms with van der Waals surface area (Å²) in [5.74, 6) is -4.05. The number of nitrogens with zero attached hydrogens (tertiary/aromatic N) is 1. The van der Waals surface area contributed by atoms with Gasteiger partial charge >= 0.3 is 19.9 Å². The largest absolute Gasteiger partial charge is 0.511 e. The number of amides is 1. The Balaban J connectivity index is 0.918. The van der Waals surface area contributed by atoms with Crippen LogP contribution in [0.1, 0.15) is 65.7 Å². The Hall–Kier alpha value is -5.83. The first kappa shape index (κ1) is 61.4. The molecule has 1 heterocycles. The van der Waals surface area contributed by atoms with Gasteiger partial charge in [0.1, 0.15) is 24.0 Å². The second kappa shape index (κ2) is 29.9. The lowest BCUT2D eigenvalue weighted by molar-refractivity contribution is -0.118. The number of rotatable bonds is 29. The average Bonchev–Trinajstić information content (AvgIpc) is 3.81. The monoisotopic (exact) mass is 1140 g/mol. The zero-order valence-corrected chi connectivity index (χ0v) is 46.3. The van der Waals surface area contributed by atoms with Crippen molar-refractivity contribution in [3.8, 4) is 5.75 Å². The topological polar surface area (TPSA) is 197 Å². The molecule has 1 unspecified atom stereocenters. The number of esters is 1. The first-order valence-electron chi connectivity index (χ1n) is 24.9. The van der Waals surface area contributed by atoms with Gasteiger partial charge in [-0.05, 0) is 64.9 Å². The van der Waals surface area contributed by atoms with Gasteiger partial charge in [0, 0.05) is 35.8 Å². The number of aliphatic imine (C=N–C) groups is 1. The van der Waals surface area contributed by atoms with E-state index in [1.165, 1.54) is 62.7 Å².